The zero-order chi connectivity index (χ0) is 21.3. The lowest BCUT2D eigenvalue weighted by Crippen LogP contribution is -2.40. The van der Waals surface area contributed by atoms with E-state index < -0.39 is 10.0 Å². The van der Waals surface area contributed by atoms with Crippen LogP contribution in [0.4, 0.5) is 0 Å². The van der Waals surface area contributed by atoms with Crippen molar-refractivity contribution in [2.75, 3.05) is 0 Å². The highest BCUT2D eigenvalue weighted by molar-refractivity contribution is 7.89. The Balaban J connectivity index is 1.99. The highest BCUT2D eigenvalue weighted by Gasteiger charge is 2.18. The van der Waals surface area contributed by atoms with E-state index in [1.807, 2.05) is 51.1 Å². The van der Waals surface area contributed by atoms with Crippen LogP contribution < -0.4 is 10.3 Å². The van der Waals surface area contributed by atoms with Crippen molar-refractivity contribution in [1.29, 1.82) is 0 Å². The second-order valence-corrected chi connectivity index (χ2v) is 8.81. The molecule has 2 aromatic rings. The third kappa shape index (κ3) is 7.61. The third-order valence-electron chi connectivity index (χ3n) is 4.68. The van der Waals surface area contributed by atoms with Crippen LogP contribution in [0.15, 0.2) is 59.5 Å². The lowest BCUT2D eigenvalue weighted by atomic mass is 10.0. The highest BCUT2D eigenvalue weighted by atomic mass is 32.2. The Labute approximate surface area is 173 Å². The number of hydrogen-bond acceptors (Lipinski definition) is 5. The van der Waals surface area contributed by atoms with Crippen molar-refractivity contribution in [3.8, 4) is 0 Å². The van der Waals surface area contributed by atoms with E-state index in [1.165, 1.54) is 0 Å². The van der Waals surface area contributed by atoms with Gasteiger partial charge in [0.05, 0.1) is 11.0 Å². The lowest BCUT2D eigenvalue weighted by Gasteiger charge is -2.20. The van der Waals surface area contributed by atoms with Gasteiger partial charge in [-0.25, -0.2) is 13.8 Å². The Morgan fingerprint density at radius 1 is 1.07 bits per heavy atom. The molecule has 6 nitrogen and oxygen atoms in total. The van der Waals surface area contributed by atoms with Crippen LogP contribution in [0.2, 0.25) is 0 Å². The van der Waals surface area contributed by atoms with Crippen LogP contribution in [0.1, 0.15) is 56.7 Å². The van der Waals surface area contributed by atoms with Crippen molar-refractivity contribution < 1.29 is 17.9 Å². The summed E-state index contributed by atoms with van der Waals surface area (Å²) in [6.07, 6.45) is 2.14. The Hall–Kier alpha value is -2.22. The highest BCUT2D eigenvalue weighted by Crippen LogP contribution is 2.20. The van der Waals surface area contributed by atoms with Crippen molar-refractivity contribution in [2.24, 2.45) is 0 Å². The van der Waals surface area contributed by atoms with Crippen molar-refractivity contribution in [3.05, 3.63) is 65.7 Å². The summed E-state index contributed by atoms with van der Waals surface area (Å²) >= 11 is 0. The Kier molecular flexibility index (Phi) is 8.82. The fourth-order valence-electron chi connectivity index (χ4n) is 2.75. The summed E-state index contributed by atoms with van der Waals surface area (Å²) < 4.78 is 30.4. The number of benzene rings is 2. The lowest BCUT2D eigenvalue weighted by molar-refractivity contribution is -0.148. The molecule has 2 aromatic carbocycles. The van der Waals surface area contributed by atoms with Gasteiger partial charge < -0.3 is 4.74 Å². The van der Waals surface area contributed by atoms with Gasteiger partial charge in [-0.05, 0) is 50.8 Å². The molecule has 0 amide bonds. The number of hydrogen-bond donors (Lipinski definition) is 2. The molecule has 0 radical (unpaired) electrons. The molecule has 7 heteroatoms. The van der Waals surface area contributed by atoms with E-state index in [1.54, 1.807) is 24.3 Å². The molecule has 158 valence electrons. The minimum absolute atomic E-state index is 0.0909. The van der Waals surface area contributed by atoms with Gasteiger partial charge in [-0.15, -0.1) is 4.83 Å². The number of carbonyl (C=O) groups is 1. The average molecular weight is 419 g/mol. The molecular weight excluding hydrogens is 388 g/mol. The molecule has 0 aromatic heterocycles. The van der Waals surface area contributed by atoms with Gasteiger partial charge in [0, 0.05) is 12.5 Å². The normalized spacial score (nSPS) is 13.6. The molecule has 0 saturated carbocycles. The molecule has 2 atom stereocenters. The predicted molar refractivity (Wildman–Crippen MR) is 114 cm³/mol. The Morgan fingerprint density at radius 2 is 1.72 bits per heavy atom. The summed E-state index contributed by atoms with van der Waals surface area (Å²) in [6, 6.07) is 15.9. The minimum atomic E-state index is -3.69. The minimum Gasteiger partial charge on any atom is -0.463 e. The Bertz CT molecular complexity index is 867. The summed E-state index contributed by atoms with van der Waals surface area (Å²) in [7, 11) is -3.69. The van der Waals surface area contributed by atoms with Crippen LogP contribution in [0.25, 0.3) is 0 Å². The van der Waals surface area contributed by atoms with Crippen LogP contribution >= 0.6 is 0 Å². The number of esters is 1. The van der Waals surface area contributed by atoms with E-state index in [0.29, 0.717) is 19.3 Å². The number of sulfonamides is 1. The topological polar surface area (TPSA) is 84.5 Å². The van der Waals surface area contributed by atoms with Crippen LogP contribution in [-0.2, 0) is 19.6 Å². The quantitative estimate of drug-likeness (QED) is 0.425. The summed E-state index contributed by atoms with van der Waals surface area (Å²) in [5.74, 6) is -0.230. The van der Waals surface area contributed by atoms with Crippen LogP contribution in [0.3, 0.4) is 0 Å². The first kappa shape index (κ1) is 23.1. The average Bonchev–Trinajstić information content (AvgIpc) is 2.71. The van der Waals surface area contributed by atoms with Crippen LogP contribution in [0.5, 0.6) is 0 Å². The van der Waals surface area contributed by atoms with Gasteiger partial charge in [0.25, 0.3) is 10.0 Å². The number of hydrazine groups is 1. The van der Waals surface area contributed by atoms with Crippen LogP contribution in [0, 0.1) is 6.92 Å². The third-order valence-corrected chi connectivity index (χ3v) is 5.96. The van der Waals surface area contributed by atoms with E-state index in [-0.39, 0.29) is 23.0 Å². The molecule has 2 unspecified atom stereocenters. The van der Waals surface area contributed by atoms with E-state index >= 15 is 0 Å². The van der Waals surface area contributed by atoms with Crippen LogP contribution in [-0.4, -0.2) is 20.5 Å². The van der Waals surface area contributed by atoms with E-state index in [4.69, 9.17) is 4.74 Å². The maximum absolute atomic E-state index is 12.6. The van der Waals surface area contributed by atoms with E-state index in [0.717, 1.165) is 17.5 Å². The summed E-state index contributed by atoms with van der Waals surface area (Å²) in [5, 5.41) is 0. The van der Waals surface area contributed by atoms with Gasteiger partial charge in [0.1, 0.15) is 0 Å². The molecule has 2 rings (SSSR count). The number of carbonyl (C=O) groups excluding carboxylic acids is 1. The standard InChI is InChI=1S/C22H30N2O4S/c1-4-18(3)28-22(25)12-8-11-21(19-9-6-5-7-10-19)23-24-29(26,27)20-15-13-17(2)14-16-20/h5-7,9-10,13-16,18,21,23-24H,4,8,11-12H2,1-3H3. The number of aryl methyl sites for hydroxylation is 1. The van der Waals surface area contributed by atoms with Gasteiger partial charge in [0.2, 0.25) is 0 Å². The van der Waals surface area contributed by atoms with Gasteiger partial charge in [-0.2, -0.15) is 0 Å². The fourth-order valence-corrected chi connectivity index (χ4v) is 3.66. The number of ether oxygens (including phenoxy) is 1. The molecular formula is C22H30N2O4S. The molecule has 0 saturated heterocycles. The zero-order valence-electron chi connectivity index (χ0n) is 17.2. The number of nitrogens with one attached hydrogen (secondary N) is 2. The van der Waals surface area contributed by atoms with Crippen molar-refractivity contribution in [1.82, 2.24) is 10.3 Å². The molecule has 0 aliphatic heterocycles. The monoisotopic (exact) mass is 418 g/mol. The molecule has 0 fully saturated rings. The molecule has 0 aliphatic rings. The number of rotatable bonds is 11. The van der Waals surface area contributed by atoms with Gasteiger partial charge in [0.15, 0.2) is 0 Å². The van der Waals surface area contributed by atoms with E-state index in [2.05, 4.69) is 10.3 Å². The molecule has 0 spiro atoms. The Morgan fingerprint density at radius 3 is 2.34 bits per heavy atom. The fraction of sp³-hybridized carbons (Fsp3) is 0.409. The van der Waals surface area contributed by atoms with Gasteiger partial charge in [-0.3, -0.25) is 4.79 Å². The molecule has 0 bridgehead atoms. The SMILES string of the molecule is CCC(C)OC(=O)CCCC(NNS(=O)(=O)c1ccc(C)cc1)c1ccccc1. The zero-order valence-corrected chi connectivity index (χ0v) is 18.0. The van der Waals surface area contributed by atoms with E-state index in [9.17, 15) is 13.2 Å². The molecule has 29 heavy (non-hydrogen) atoms. The van der Waals surface area contributed by atoms with Crippen molar-refractivity contribution in [3.63, 3.8) is 0 Å². The summed E-state index contributed by atoms with van der Waals surface area (Å²) in [6.45, 7) is 5.74. The maximum atomic E-state index is 12.6. The first-order valence-corrected chi connectivity index (χ1v) is 11.4. The van der Waals surface area contributed by atoms with Crippen molar-refractivity contribution in [2.45, 2.75) is 63.5 Å². The largest absolute Gasteiger partial charge is 0.463 e. The summed E-state index contributed by atoms with van der Waals surface area (Å²) in [4.78, 5) is 14.6. The predicted octanol–water partition coefficient (Wildman–Crippen LogP) is 4.03. The molecule has 2 N–H and O–H groups in total. The van der Waals surface area contributed by atoms with Crippen molar-refractivity contribution >= 4 is 16.0 Å². The maximum Gasteiger partial charge on any atom is 0.306 e. The van der Waals surface area contributed by atoms with Gasteiger partial charge >= 0.3 is 5.97 Å². The first-order valence-electron chi connectivity index (χ1n) is 9.90. The second-order valence-electron chi connectivity index (χ2n) is 7.13. The smallest absolute Gasteiger partial charge is 0.306 e. The van der Waals surface area contributed by atoms with Gasteiger partial charge in [-0.1, -0.05) is 55.0 Å². The summed E-state index contributed by atoms with van der Waals surface area (Å²) in [5.41, 5.74) is 4.85. The molecule has 0 aliphatic carbocycles. The second kappa shape index (κ2) is 11.1. The molecule has 0 heterocycles. The first-order chi connectivity index (χ1) is 13.8.